The monoisotopic (exact) mass is 446 g/mol. The minimum atomic E-state index is -1.12. The van der Waals surface area contributed by atoms with E-state index in [-0.39, 0.29) is 33.3 Å². The number of esters is 1. The molecule has 1 aromatic heterocycles. The van der Waals surface area contributed by atoms with Gasteiger partial charge in [-0.15, -0.1) is 0 Å². The average Bonchev–Trinajstić information content (AvgIpc) is 2.68. The summed E-state index contributed by atoms with van der Waals surface area (Å²) in [6.07, 6.45) is 0.831. The first-order valence-corrected chi connectivity index (χ1v) is 9.64. The number of fused-ring (bicyclic) bond motifs is 1. The van der Waals surface area contributed by atoms with Crippen LogP contribution in [0, 0.1) is 0 Å². The van der Waals surface area contributed by atoms with Crippen molar-refractivity contribution in [2.45, 2.75) is 13.3 Å². The van der Waals surface area contributed by atoms with Crippen LogP contribution in [-0.4, -0.2) is 34.5 Å². The highest BCUT2D eigenvalue weighted by Gasteiger charge is 2.21. The molecule has 0 unspecified atom stereocenters. The molecule has 0 atom stereocenters. The van der Waals surface area contributed by atoms with Crippen molar-refractivity contribution in [2.75, 3.05) is 11.9 Å². The minimum absolute atomic E-state index is 0.0596. The standard InChI is InChI=1S/C21H16Cl2N2O5/c1-2-30-21(29)13-10-24-19-11(12(13)9-17(26)27)5-3-8-16(19)25-20(28)18-14(22)6-4-7-15(18)23/h3-8,10H,2,9H2,1H3,(H,25,28)(H,26,27). The van der Waals surface area contributed by atoms with Crippen molar-refractivity contribution in [2.24, 2.45) is 0 Å². The molecule has 0 spiro atoms. The van der Waals surface area contributed by atoms with Gasteiger partial charge in [0.05, 0.1) is 45.4 Å². The zero-order valence-electron chi connectivity index (χ0n) is 15.7. The van der Waals surface area contributed by atoms with E-state index < -0.39 is 24.3 Å². The SMILES string of the molecule is CCOC(=O)c1cnc2c(NC(=O)c3c(Cl)cccc3Cl)cccc2c1CC(=O)O. The number of benzene rings is 2. The molecule has 7 nitrogen and oxygen atoms in total. The zero-order valence-corrected chi connectivity index (χ0v) is 17.3. The van der Waals surface area contributed by atoms with Crippen molar-refractivity contribution in [3.8, 4) is 0 Å². The summed E-state index contributed by atoms with van der Waals surface area (Å²) in [6.45, 7) is 1.79. The molecule has 1 amide bonds. The molecule has 3 aromatic rings. The lowest BCUT2D eigenvalue weighted by Gasteiger charge is -2.14. The third kappa shape index (κ3) is 4.37. The van der Waals surface area contributed by atoms with E-state index in [0.29, 0.717) is 16.6 Å². The van der Waals surface area contributed by atoms with Gasteiger partial charge in [0.25, 0.3) is 5.91 Å². The normalized spacial score (nSPS) is 10.6. The third-order valence-corrected chi connectivity index (χ3v) is 4.90. The number of aliphatic carboxylic acids is 1. The van der Waals surface area contributed by atoms with E-state index in [4.69, 9.17) is 27.9 Å². The molecular formula is C21H16Cl2N2O5. The van der Waals surface area contributed by atoms with Crippen molar-refractivity contribution in [3.63, 3.8) is 0 Å². The van der Waals surface area contributed by atoms with Crippen molar-refractivity contribution in [3.05, 3.63) is 69.3 Å². The second-order valence-corrected chi connectivity index (χ2v) is 7.01. The second-order valence-electron chi connectivity index (χ2n) is 6.19. The first kappa shape index (κ1) is 21.5. The molecule has 2 N–H and O–H groups in total. The van der Waals surface area contributed by atoms with E-state index in [1.807, 2.05) is 0 Å². The maximum atomic E-state index is 12.7. The highest BCUT2D eigenvalue weighted by atomic mass is 35.5. The topological polar surface area (TPSA) is 106 Å². The summed E-state index contributed by atoms with van der Waals surface area (Å²) < 4.78 is 5.01. The number of carbonyl (C=O) groups is 3. The molecular weight excluding hydrogens is 431 g/mol. The molecule has 1 heterocycles. The van der Waals surface area contributed by atoms with Gasteiger partial charge in [-0.3, -0.25) is 14.6 Å². The van der Waals surface area contributed by atoms with E-state index >= 15 is 0 Å². The predicted molar refractivity (Wildman–Crippen MR) is 113 cm³/mol. The summed E-state index contributed by atoms with van der Waals surface area (Å²) in [6, 6.07) is 9.55. The number of carbonyl (C=O) groups excluding carboxylic acids is 2. The molecule has 9 heteroatoms. The maximum Gasteiger partial charge on any atom is 0.340 e. The Morgan fingerprint density at radius 3 is 2.40 bits per heavy atom. The molecule has 0 saturated carbocycles. The molecule has 0 radical (unpaired) electrons. The molecule has 30 heavy (non-hydrogen) atoms. The number of rotatable bonds is 6. The van der Waals surface area contributed by atoms with Crippen LogP contribution in [0.2, 0.25) is 10.0 Å². The van der Waals surface area contributed by atoms with E-state index in [9.17, 15) is 19.5 Å². The van der Waals surface area contributed by atoms with Gasteiger partial charge in [0.1, 0.15) is 0 Å². The minimum Gasteiger partial charge on any atom is -0.481 e. The van der Waals surface area contributed by atoms with Crippen LogP contribution >= 0.6 is 23.2 Å². The number of hydrogen-bond acceptors (Lipinski definition) is 5. The highest BCUT2D eigenvalue weighted by molar-refractivity contribution is 6.40. The Balaban J connectivity index is 2.10. The number of pyridine rings is 1. The van der Waals surface area contributed by atoms with Crippen molar-refractivity contribution >= 4 is 57.6 Å². The molecule has 0 bridgehead atoms. The van der Waals surface area contributed by atoms with Crippen molar-refractivity contribution < 1.29 is 24.2 Å². The first-order chi connectivity index (χ1) is 14.3. The lowest BCUT2D eigenvalue weighted by atomic mass is 10.00. The van der Waals surface area contributed by atoms with Crippen LogP contribution in [0.5, 0.6) is 0 Å². The highest BCUT2D eigenvalue weighted by Crippen LogP contribution is 2.30. The molecule has 154 valence electrons. The molecule has 0 aliphatic rings. The Hall–Kier alpha value is -3.16. The zero-order chi connectivity index (χ0) is 21.8. The molecule has 0 aliphatic carbocycles. The van der Waals surface area contributed by atoms with E-state index in [2.05, 4.69) is 10.3 Å². The summed E-state index contributed by atoms with van der Waals surface area (Å²) >= 11 is 12.2. The fraction of sp³-hybridized carbons (Fsp3) is 0.143. The number of nitrogens with one attached hydrogen (secondary N) is 1. The van der Waals surface area contributed by atoms with Gasteiger partial charge in [0, 0.05) is 11.6 Å². The fourth-order valence-electron chi connectivity index (χ4n) is 3.01. The summed E-state index contributed by atoms with van der Waals surface area (Å²) in [5.41, 5.74) is 1.04. The number of nitrogens with zero attached hydrogens (tertiary/aromatic N) is 1. The summed E-state index contributed by atoms with van der Waals surface area (Å²) in [7, 11) is 0. The third-order valence-electron chi connectivity index (χ3n) is 4.27. The van der Waals surface area contributed by atoms with Crippen LogP contribution in [0.4, 0.5) is 5.69 Å². The molecule has 3 rings (SSSR count). The van der Waals surface area contributed by atoms with Gasteiger partial charge >= 0.3 is 11.9 Å². The maximum absolute atomic E-state index is 12.7. The van der Waals surface area contributed by atoms with E-state index in [1.54, 1.807) is 43.3 Å². The Morgan fingerprint density at radius 2 is 1.77 bits per heavy atom. The Kier molecular flexibility index (Phi) is 6.54. The fourth-order valence-corrected chi connectivity index (χ4v) is 3.57. The Labute approximate surface area is 181 Å². The molecule has 0 aliphatic heterocycles. The van der Waals surface area contributed by atoms with Crippen LogP contribution < -0.4 is 5.32 Å². The number of halogens is 2. The number of ether oxygens (including phenoxy) is 1. The number of hydrogen-bond donors (Lipinski definition) is 2. The molecule has 2 aromatic carbocycles. The number of para-hydroxylation sites is 1. The van der Waals surface area contributed by atoms with Crippen LogP contribution in [-0.2, 0) is 16.0 Å². The number of aromatic nitrogens is 1. The number of anilines is 1. The number of carboxylic acids is 1. The predicted octanol–water partition coefficient (Wildman–Crippen LogP) is 4.60. The first-order valence-electron chi connectivity index (χ1n) is 8.88. The summed E-state index contributed by atoms with van der Waals surface area (Å²) in [5.74, 6) is -2.33. The van der Waals surface area contributed by atoms with Gasteiger partial charge in [-0.2, -0.15) is 0 Å². The lowest BCUT2D eigenvalue weighted by Crippen LogP contribution is -2.15. The van der Waals surface area contributed by atoms with Crippen LogP contribution in [0.1, 0.15) is 33.2 Å². The van der Waals surface area contributed by atoms with Crippen LogP contribution in [0.15, 0.2) is 42.6 Å². The van der Waals surface area contributed by atoms with Crippen LogP contribution in [0.3, 0.4) is 0 Å². The average molecular weight is 447 g/mol. The van der Waals surface area contributed by atoms with E-state index in [1.165, 1.54) is 6.20 Å². The quantitative estimate of drug-likeness (QED) is 0.536. The number of carboxylic acid groups (broad SMARTS) is 1. The van der Waals surface area contributed by atoms with Gasteiger partial charge in [0.15, 0.2) is 0 Å². The van der Waals surface area contributed by atoms with Gasteiger partial charge < -0.3 is 15.2 Å². The smallest absolute Gasteiger partial charge is 0.340 e. The number of amides is 1. The summed E-state index contributed by atoms with van der Waals surface area (Å²) in [4.78, 5) is 40.7. The van der Waals surface area contributed by atoms with Gasteiger partial charge in [-0.25, -0.2) is 4.79 Å². The molecule has 0 saturated heterocycles. The second kappa shape index (κ2) is 9.11. The van der Waals surface area contributed by atoms with Gasteiger partial charge in [-0.05, 0) is 30.7 Å². The van der Waals surface area contributed by atoms with Crippen LogP contribution in [0.25, 0.3) is 10.9 Å². The van der Waals surface area contributed by atoms with Gasteiger partial charge in [0.2, 0.25) is 0 Å². The Bertz CT molecular complexity index is 1140. The lowest BCUT2D eigenvalue weighted by molar-refractivity contribution is -0.136. The van der Waals surface area contributed by atoms with Gasteiger partial charge in [-0.1, -0.05) is 41.4 Å². The Morgan fingerprint density at radius 1 is 1.10 bits per heavy atom. The molecule has 0 fully saturated rings. The van der Waals surface area contributed by atoms with E-state index in [0.717, 1.165) is 0 Å². The largest absolute Gasteiger partial charge is 0.481 e. The summed E-state index contributed by atoms with van der Waals surface area (Å²) in [5, 5.41) is 12.8. The van der Waals surface area contributed by atoms with Crippen molar-refractivity contribution in [1.82, 2.24) is 4.98 Å². The van der Waals surface area contributed by atoms with Crippen molar-refractivity contribution in [1.29, 1.82) is 0 Å².